The SMILES string of the molecule is C=CC1(CC[C@H](O)c2ccnc3ccc(OC)cc23)CCNCC1. The summed E-state index contributed by atoms with van der Waals surface area (Å²) in [6.45, 7) is 6.09. The van der Waals surface area contributed by atoms with Gasteiger partial charge in [-0.3, -0.25) is 4.98 Å². The van der Waals surface area contributed by atoms with Crippen molar-refractivity contribution in [3.8, 4) is 5.75 Å². The number of benzene rings is 1. The molecule has 1 saturated heterocycles. The molecule has 2 aromatic rings. The molecule has 0 saturated carbocycles. The predicted octanol–water partition coefficient (Wildman–Crippen LogP) is 3.61. The highest BCUT2D eigenvalue weighted by atomic mass is 16.5. The Morgan fingerprint density at radius 1 is 1.38 bits per heavy atom. The molecule has 2 N–H and O–H groups in total. The molecule has 0 bridgehead atoms. The van der Waals surface area contributed by atoms with Gasteiger partial charge in [-0.15, -0.1) is 6.58 Å². The van der Waals surface area contributed by atoms with Gasteiger partial charge in [-0.05, 0) is 74.0 Å². The average molecular weight is 326 g/mol. The van der Waals surface area contributed by atoms with E-state index in [-0.39, 0.29) is 5.41 Å². The fourth-order valence-electron chi connectivity index (χ4n) is 3.62. The Morgan fingerprint density at radius 2 is 2.17 bits per heavy atom. The molecular weight excluding hydrogens is 300 g/mol. The minimum Gasteiger partial charge on any atom is -0.497 e. The molecule has 1 fully saturated rings. The number of nitrogens with one attached hydrogen (secondary N) is 1. The van der Waals surface area contributed by atoms with Crippen molar-refractivity contribution < 1.29 is 9.84 Å². The highest BCUT2D eigenvalue weighted by Crippen LogP contribution is 2.38. The molecule has 1 aliphatic rings. The molecule has 0 aliphatic carbocycles. The number of methoxy groups -OCH3 is 1. The van der Waals surface area contributed by atoms with Crippen molar-refractivity contribution in [2.45, 2.75) is 31.8 Å². The summed E-state index contributed by atoms with van der Waals surface area (Å²) in [4.78, 5) is 4.39. The number of aromatic nitrogens is 1. The topological polar surface area (TPSA) is 54.4 Å². The lowest BCUT2D eigenvalue weighted by atomic mass is 9.74. The number of rotatable bonds is 6. The Kier molecular flexibility index (Phi) is 5.17. The molecule has 0 amide bonds. The molecule has 1 aromatic heterocycles. The number of hydrogen-bond donors (Lipinski definition) is 2. The first-order valence-electron chi connectivity index (χ1n) is 8.62. The Morgan fingerprint density at radius 3 is 2.88 bits per heavy atom. The van der Waals surface area contributed by atoms with Crippen molar-refractivity contribution in [2.75, 3.05) is 20.2 Å². The number of hydrogen-bond acceptors (Lipinski definition) is 4. The largest absolute Gasteiger partial charge is 0.497 e. The van der Waals surface area contributed by atoms with E-state index in [2.05, 4.69) is 23.0 Å². The summed E-state index contributed by atoms with van der Waals surface area (Å²) in [5.74, 6) is 0.782. The van der Waals surface area contributed by atoms with Gasteiger partial charge >= 0.3 is 0 Å². The minimum atomic E-state index is -0.505. The van der Waals surface area contributed by atoms with Crippen LogP contribution in [-0.4, -0.2) is 30.3 Å². The van der Waals surface area contributed by atoms with Crippen molar-refractivity contribution in [3.63, 3.8) is 0 Å². The van der Waals surface area contributed by atoms with Crippen LogP contribution in [0.25, 0.3) is 10.9 Å². The van der Waals surface area contributed by atoms with Crippen LogP contribution in [0.1, 0.15) is 37.4 Å². The quantitative estimate of drug-likeness (QED) is 0.796. The van der Waals surface area contributed by atoms with E-state index in [0.717, 1.165) is 61.0 Å². The van der Waals surface area contributed by atoms with Crippen LogP contribution in [0.3, 0.4) is 0 Å². The fourth-order valence-corrected chi connectivity index (χ4v) is 3.62. The maximum Gasteiger partial charge on any atom is 0.119 e. The Hall–Kier alpha value is -1.91. The molecule has 4 heteroatoms. The zero-order valence-electron chi connectivity index (χ0n) is 14.3. The Balaban J connectivity index is 1.80. The first-order valence-corrected chi connectivity index (χ1v) is 8.62. The van der Waals surface area contributed by atoms with Crippen LogP contribution in [-0.2, 0) is 0 Å². The van der Waals surface area contributed by atoms with E-state index in [0.29, 0.717) is 0 Å². The third-order valence-corrected chi connectivity index (χ3v) is 5.29. The van der Waals surface area contributed by atoms with Crippen LogP contribution in [0, 0.1) is 5.41 Å². The number of allylic oxidation sites excluding steroid dienone is 1. The van der Waals surface area contributed by atoms with Crippen molar-refractivity contribution in [1.82, 2.24) is 10.3 Å². The lowest BCUT2D eigenvalue weighted by Crippen LogP contribution is -2.35. The smallest absolute Gasteiger partial charge is 0.119 e. The van der Waals surface area contributed by atoms with E-state index >= 15 is 0 Å². The molecule has 1 aliphatic heterocycles. The molecule has 2 heterocycles. The summed E-state index contributed by atoms with van der Waals surface area (Å²) in [6.07, 6.45) is 7.21. The van der Waals surface area contributed by atoms with E-state index in [1.54, 1.807) is 13.3 Å². The van der Waals surface area contributed by atoms with Gasteiger partial charge in [0, 0.05) is 11.6 Å². The second-order valence-corrected chi connectivity index (χ2v) is 6.65. The summed E-state index contributed by atoms with van der Waals surface area (Å²) in [6, 6.07) is 7.69. The lowest BCUT2D eigenvalue weighted by Gasteiger charge is -2.35. The van der Waals surface area contributed by atoms with Crippen LogP contribution in [0.2, 0.25) is 0 Å². The Labute approximate surface area is 143 Å². The number of ether oxygens (including phenoxy) is 1. The summed E-state index contributed by atoms with van der Waals surface area (Å²) in [5, 5.41) is 15.2. The fraction of sp³-hybridized carbons (Fsp3) is 0.450. The van der Waals surface area contributed by atoms with E-state index in [4.69, 9.17) is 4.74 Å². The minimum absolute atomic E-state index is 0.146. The maximum absolute atomic E-state index is 10.8. The van der Waals surface area contributed by atoms with E-state index < -0.39 is 6.10 Å². The van der Waals surface area contributed by atoms with Gasteiger partial charge in [0.1, 0.15) is 5.75 Å². The molecule has 24 heavy (non-hydrogen) atoms. The molecule has 128 valence electrons. The van der Waals surface area contributed by atoms with Gasteiger partial charge < -0.3 is 15.2 Å². The summed E-state index contributed by atoms with van der Waals surface area (Å²) >= 11 is 0. The summed E-state index contributed by atoms with van der Waals surface area (Å²) in [5.41, 5.74) is 1.95. The normalized spacial score (nSPS) is 18.2. The third-order valence-electron chi connectivity index (χ3n) is 5.29. The number of aliphatic hydroxyl groups is 1. The van der Waals surface area contributed by atoms with Crippen LogP contribution < -0.4 is 10.1 Å². The number of piperidine rings is 1. The van der Waals surface area contributed by atoms with Crippen LogP contribution >= 0.6 is 0 Å². The molecule has 0 radical (unpaired) electrons. The number of fused-ring (bicyclic) bond motifs is 1. The summed E-state index contributed by atoms with van der Waals surface area (Å²) < 4.78 is 5.32. The lowest BCUT2D eigenvalue weighted by molar-refractivity contribution is 0.137. The number of nitrogens with zero attached hydrogens (tertiary/aromatic N) is 1. The van der Waals surface area contributed by atoms with Gasteiger partial charge in [0.15, 0.2) is 0 Å². The van der Waals surface area contributed by atoms with Crippen molar-refractivity contribution >= 4 is 10.9 Å². The van der Waals surface area contributed by atoms with E-state index in [1.807, 2.05) is 24.3 Å². The molecule has 0 spiro atoms. The second-order valence-electron chi connectivity index (χ2n) is 6.65. The van der Waals surface area contributed by atoms with Gasteiger partial charge in [-0.2, -0.15) is 0 Å². The first kappa shape index (κ1) is 16.9. The van der Waals surface area contributed by atoms with Crippen LogP contribution in [0.5, 0.6) is 5.75 Å². The van der Waals surface area contributed by atoms with Gasteiger partial charge in [0.2, 0.25) is 0 Å². The first-order chi connectivity index (χ1) is 11.7. The van der Waals surface area contributed by atoms with Gasteiger partial charge in [0.25, 0.3) is 0 Å². The van der Waals surface area contributed by atoms with E-state index in [1.165, 1.54) is 0 Å². The van der Waals surface area contributed by atoms with Crippen LogP contribution in [0.15, 0.2) is 43.1 Å². The molecule has 1 aromatic carbocycles. The van der Waals surface area contributed by atoms with Gasteiger partial charge in [-0.25, -0.2) is 0 Å². The number of pyridine rings is 1. The summed E-state index contributed by atoms with van der Waals surface area (Å²) in [7, 11) is 1.65. The zero-order chi connectivity index (χ0) is 17.0. The zero-order valence-corrected chi connectivity index (χ0v) is 14.3. The maximum atomic E-state index is 10.8. The van der Waals surface area contributed by atoms with Gasteiger partial charge in [-0.1, -0.05) is 6.08 Å². The van der Waals surface area contributed by atoms with Crippen molar-refractivity contribution in [2.24, 2.45) is 5.41 Å². The number of aliphatic hydroxyl groups excluding tert-OH is 1. The van der Waals surface area contributed by atoms with E-state index in [9.17, 15) is 5.11 Å². The van der Waals surface area contributed by atoms with Crippen molar-refractivity contribution in [1.29, 1.82) is 0 Å². The predicted molar refractivity (Wildman–Crippen MR) is 97.2 cm³/mol. The highest BCUT2D eigenvalue weighted by Gasteiger charge is 2.29. The molecule has 4 nitrogen and oxygen atoms in total. The third kappa shape index (κ3) is 3.45. The second kappa shape index (κ2) is 7.32. The molecule has 0 unspecified atom stereocenters. The van der Waals surface area contributed by atoms with Crippen molar-refractivity contribution in [3.05, 3.63) is 48.7 Å². The molecule has 1 atom stereocenters. The standard InChI is InChI=1S/C20H26N2O2/c1-3-20(9-12-21-13-10-20)8-6-19(23)16-7-11-22-18-5-4-15(24-2)14-17(16)18/h3-5,7,11,14,19,21,23H,1,6,8-10,12-13H2,2H3/t19-/m0/s1. The molecular formula is C20H26N2O2. The van der Waals surface area contributed by atoms with Crippen LogP contribution in [0.4, 0.5) is 0 Å². The highest BCUT2D eigenvalue weighted by molar-refractivity contribution is 5.83. The Bertz CT molecular complexity index is 708. The monoisotopic (exact) mass is 326 g/mol. The molecule has 3 rings (SSSR count). The average Bonchev–Trinajstić information content (AvgIpc) is 2.66. The van der Waals surface area contributed by atoms with Gasteiger partial charge in [0.05, 0.1) is 18.7 Å².